The Labute approximate surface area is 102 Å². The molecule has 0 aliphatic heterocycles. The van der Waals surface area contributed by atoms with Crippen molar-refractivity contribution in [1.82, 2.24) is 4.98 Å². The lowest BCUT2D eigenvalue weighted by Crippen LogP contribution is -2.19. The average molecular weight is 249 g/mol. The first-order chi connectivity index (χ1) is 8.56. The number of hydrogen-bond donors (Lipinski definition) is 1. The lowest BCUT2D eigenvalue weighted by Gasteiger charge is -2.06. The zero-order chi connectivity index (χ0) is 13.3. The van der Waals surface area contributed by atoms with Gasteiger partial charge in [0.1, 0.15) is 11.4 Å². The van der Waals surface area contributed by atoms with E-state index in [4.69, 9.17) is 4.74 Å². The highest BCUT2D eigenvalue weighted by Gasteiger charge is 2.16. The molecule has 1 heterocycles. The van der Waals surface area contributed by atoms with Crippen molar-refractivity contribution in [2.75, 3.05) is 6.61 Å². The summed E-state index contributed by atoms with van der Waals surface area (Å²) in [5.41, 5.74) is 0.0871. The number of aromatic amines is 1. The number of carbonyl (C=O) groups excluding carboxylic acids is 1. The molecule has 0 saturated heterocycles. The Hall–Kier alpha value is -2.17. The number of carbonyl (C=O) groups is 1. The van der Waals surface area contributed by atoms with Crippen LogP contribution < -0.4 is 5.43 Å². The second kappa shape index (κ2) is 4.60. The molecule has 1 aromatic carbocycles. The van der Waals surface area contributed by atoms with Gasteiger partial charge in [0.2, 0.25) is 5.43 Å². The summed E-state index contributed by atoms with van der Waals surface area (Å²) in [5.74, 6) is -1.23. The molecule has 2 aromatic rings. The topological polar surface area (TPSA) is 59.2 Å². The first kappa shape index (κ1) is 12.3. The Morgan fingerprint density at radius 3 is 2.83 bits per heavy atom. The van der Waals surface area contributed by atoms with Crippen LogP contribution >= 0.6 is 0 Å². The van der Waals surface area contributed by atoms with Gasteiger partial charge in [-0.3, -0.25) is 4.79 Å². The fraction of sp³-hybridized carbons (Fsp3) is 0.231. The lowest BCUT2D eigenvalue weighted by molar-refractivity contribution is 0.0524. The quantitative estimate of drug-likeness (QED) is 0.829. The van der Waals surface area contributed by atoms with Crippen LogP contribution in [0, 0.1) is 12.7 Å². The number of halogens is 1. The van der Waals surface area contributed by atoms with Gasteiger partial charge in [-0.25, -0.2) is 9.18 Å². The van der Waals surface area contributed by atoms with Gasteiger partial charge in [0, 0.05) is 6.20 Å². The van der Waals surface area contributed by atoms with Crippen LogP contribution in [0.5, 0.6) is 0 Å². The van der Waals surface area contributed by atoms with E-state index in [1.54, 1.807) is 13.8 Å². The molecule has 0 radical (unpaired) electrons. The third-order valence-electron chi connectivity index (χ3n) is 2.69. The van der Waals surface area contributed by atoms with Crippen LogP contribution in [-0.4, -0.2) is 17.6 Å². The fourth-order valence-corrected chi connectivity index (χ4v) is 1.82. The molecular formula is C13H12FNO3. The molecule has 0 amide bonds. The van der Waals surface area contributed by atoms with E-state index in [1.165, 1.54) is 18.3 Å². The Morgan fingerprint density at radius 1 is 1.44 bits per heavy atom. The van der Waals surface area contributed by atoms with Crippen molar-refractivity contribution in [1.29, 1.82) is 0 Å². The van der Waals surface area contributed by atoms with Crippen LogP contribution in [0.1, 0.15) is 22.8 Å². The van der Waals surface area contributed by atoms with E-state index >= 15 is 0 Å². The van der Waals surface area contributed by atoms with Gasteiger partial charge in [0.05, 0.1) is 17.5 Å². The third-order valence-corrected chi connectivity index (χ3v) is 2.69. The minimum absolute atomic E-state index is 0.105. The summed E-state index contributed by atoms with van der Waals surface area (Å²) in [6.45, 7) is 3.52. The predicted molar refractivity (Wildman–Crippen MR) is 65.2 cm³/mol. The number of H-pyrrole nitrogens is 1. The standard InChI is InChI=1S/C13H12FNO3/c1-3-18-13(17)8-6-15-11-9(14)5-4-7(2)10(11)12(8)16/h4-6H,3H2,1-2H3,(H,15,16). The minimum Gasteiger partial charge on any atom is -0.462 e. The van der Waals surface area contributed by atoms with E-state index in [9.17, 15) is 14.0 Å². The summed E-state index contributed by atoms with van der Waals surface area (Å²) in [5, 5.41) is 0.181. The number of nitrogens with one attached hydrogen (secondary N) is 1. The average Bonchev–Trinajstić information content (AvgIpc) is 2.34. The van der Waals surface area contributed by atoms with Gasteiger partial charge in [0.15, 0.2) is 0 Å². The summed E-state index contributed by atoms with van der Waals surface area (Å²) in [6, 6.07) is 2.78. The number of aryl methyl sites for hydroxylation is 1. The van der Waals surface area contributed by atoms with Crippen molar-refractivity contribution < 1.29 is 13.9 Å². The van der Waals surface area contributed by atoms with Crippen molar-refractivity contribution in [3.05, 3.63) is 45.5 Å². The van der Waals surface area contributed by atoms with E-state index in [2.05, 4.69) is 4.98 Å². The number of rotatable bonds is 2. The number of fused-ring (bicyclic) bond motifs is 1. The van der Waals surface area contributed by atoms with Gasteiger partial charge in [-0.2, -0.15) is 0 Å². The molecule has 1 aromatic heterocycles. The van der Waals surface area contributed by atoms with Crippen LogP contribution in [0.4, 0.5) is 4.39 Å². The molecule has 2 rings (SSSR count). The maximum Gasteiger partial charge on any atom is 0.343 e. The SMILES string of the molecule is CCOC(=O)c1c[nH]c2c(F)ccc(C)c2c1=O. The molecule has 0 fully saturated rings. The fourth-order valence-electron chi connectivity index (χ4n) is 1.82. The minimum atomic E-state index is -0.704. The van der Waals surface area contributed by atoms with Crippen LogP contribution in [0.25, 0.3) is 10.9 Å². The van der Waals surface area contributed by atoms with Crippen molar-refractivity contribution in [3.63, 3.8) is 0 Å². The van der Waals surface area contributed by atoms with E-state index in [0.717, 1.165) is 0 Å². The van der Waals surface area contributed by atoms with Gasteiger partial charge in [0.25, 0.3) is 0 Å². The lowest BCUT2D eigenvalue weighted by atomic mass is 10.1. The normalized spacial score (nSPS) is 10.6. The molecule has 0 spiro atoms. The number of ether oxygens (including phenoxy) is 1. The van der Waals surface area contributed by atoms with Crippen LogP contribution in [0.2, 0.25) is 0 Å². The molecule has 0 aliphatic rings. The maximum atomic E-state index is 13.5. The highest BCUT2D eigenvalue weighted by Crippen LogP contribution is 2.16. The smallest absolute Gasteiger partial charge is 0.343 e. The maximum absolute atomic E-state index is 13.5. The van der Waals surface area contributed by atoms with Crippen molar-refractivity contribution >= 4 is 16.9 Å². The largest absolute Gasteiger partial charge is 0.462 e. The second-order valence-electron chi connectivity index (χ2n) is 3.87. The van der Waals surface area contributed by atoms with E-state index in [-0.39, 0.29) is 23.1 Å². The number of aromatic nitrogens is 1. The molecular weight excluding hydrogens is 237 g/mol. The van der Waals surface area contributed by atoms with Gasteiger partial charge >= 0.3 is 5.97 Å². The van der Waals surface area contributed by atoms with E-state index < -0.39 is 17.2 Å². The first-order valence-electron chi connectivity index (χ1n) is 5.54. The predicted octanol–water partition coefficient (Wildman–Crippen LogP) is 2.15. The molecule has 4 nitrogen and oxygen atoms in total. The van der Waals surface area contributed by atoms with Gasteiger partial charge in [-0.15, -0.1) is 0 Å². The molecule has 5 heteroatoms. The summed E-state index contributed by atoms with van der Waals surface area (Å²) in [6.07, 6.45) is 1.19. The van der Waals surface area contributed by atoms with Gasteiger partial charge in [-0.05, 0) is 25.5 Å². The monoisotopic (exact) mass is 249 g/mol. The molecule has 0 unspecified atom stereocenters. The first-order valence-corrected chi connectivity index (χ1v) is 5.54. The molecule has 0 bridgehead atoms. The van der Waals surface area contributed by atoms with Crippen LogP contribution in [-0.2, 0) is 4.74 Å². The van der Waals surface area contributed by atoms with Crippen LogP contribution in [0.15, 0.2) is 23.1 Å². The Balaban J connectivity index is 2.76. The Morgan fingerprint density at radius 2 is 2.17 bits per heavy atom. The molecule has 0 atom stereocenters. The highest BCUT2D eigenvalue weighted by atomic mass is 19.1. The molecule has 0 saturated carbocycles. The van der Waals surface area contributed by atoms with Gasteiger partial charge in [-0.1, -0.05) is 6.07 Å². The van der Waals surface area contributed by atoms with Crippen molar-refractivity contribution in [3.8, 4) is 0 Å². The van der Waals surface area contributed by atoms with Crippen molar-refractivity contribution in [2.24, 2.45) is 0 Å². The van der Waals surface area contributed by atoms with Gasteiger partial charge < -0.3 is 9.72 Å². The number of esters is 1. The second-order valence-corrected chi connectivity index (χ2v) is 3.87. The van der Waals surface area contributed by atoms with E-state index in [0.29, 0.717) is 5.56 Å². The molecule has 0 aliphatic carbocycles. The zero-order valence-corrected chi connectivity index (χ0v) is 10.0. The van der Waals surface area contributed by atoms with Crippen molar-refractivity contribution in [2.45, 2.75) is 13.8 Å². The summed E-state index contributed by atoms with van der Waals surface area (Å²) >= 11 is 0. The number of benzene rings is 1. The molecule has 1 N–H and O–H groups in total. The molecule has 94 valence electrons. The summed E-state index contributed by atoms with van der Waals surface area (Å²) in [4.78, 5) is 26.3. The molecule has 18 heavy (non-hydrogen) atoms. The summed E-state index contributed by atoms with van der Waals surface area (Å²) in [7, 11) is 0. The number of pyridine rings is 1. The number of hydrogen-bond acceptors (Lipinski definition) is 3. The Bertz CT molecular complexity index is 676. The third kappa shape index (κ3) is 1.88. The summed E-state index contributed by atoms with van der Waals surface area (Å²) < 4.78 is 18.3. The highest BCUT2D eigenvalue weighted by molar-refractivity contribution is 5.94. The Kier molecular flexibility index (Phi) is 3.14. The van der Waals surface area contributed by atoms with E-state index in [1.807, 2.05) is 0 Å². The van der Waals surface area contributed by atoms with Crippen LogP contribution in [0.3, 0.4) is 0 Å². The zero-order valence-electron chi connectivity index (χ0n) is 10.0.